The summed E-state index contributed by atoms with van der Waals surface area (Å²) in [4.78, 5) is 4.13. The Labute approximate surface area is 127 Å². The summed E-state index contributed by atoms with van der Waals surface area (Å²) in [5.41, 5.74) is 6.22. The SMILES string of the molecule is CSCC[C@H](N)c1nc(-c2ccc(F)c(F)c2Br)no1. The van der Waals surface area contributed by atoms with Gasteiger partial charge in [-0.05, 0) is 46.5 Å². The molecule has 0 fully saturated rings. The first-order chi connectivity index (χ1) is 9.54. The van der Waals surface area contributed by atoms with Crippen LogP contribution in [0.1, 0.15) is 18.4 Å². The van der Waals surface area contributed by atoms with Gasteiger partial charge >= 0.3 is 0 Å². The van der Waals surface area contributed by atoms with Crippen molar-refractivity contribution in [1.29, 1.82) is 0 Å². The van der Waals surface area contributed by atoms with Gasteiger partial charge in [-0.25, -0.2) is 8.78 Å². The average Bonchev–Trinajstić information content (AvgIpc) is 2.92. The van der Waals surface area contributed by atoms with Gasteiger partial charge in [0.2, 0.25) is 11.7 Å². The van der Waals surface area contributed by atoms with E-state index in [1.165, 1.54) is 6.07 Å². The fourth-order valence-electron chi connectivity index (χ4n) is 1.56. The highest BCUT2D eigenvalue weighted by Gasteiger charge is 2.19. The Morgan fingerprint density at radius 3 is 2.90 bits per heavy atom. The van der Waals surface area contributed by atoms with Gasteiger partial charge < -0.3 is 10.3 Å². The van der Waals surface area contributed by atoms with Crippen molar-refractivity contribution in [2.24, 2.45) is 5.73 Å². The number of nitrogens with two attached hydrogens (primary N) is 1. The van der Waals surface area contributed by atoms with Gasteiger partial charge in [-0.15, -0.1) is 0 Å². The molecule has 0 spiro atoms. The van der Waals surface area contributed by atoms with Crippen LogP contribution in [0.15, 0.2) is 21.1 Å². The van der Waals surface area contributed by atoms with E-state index in [-0.39, 0.29) is 22.2 Å². The molecule has 108 valence electrons. The summed E-state index contributed by atoms with van der Waals surface area (Å²) < 4.78 is 31.6. The van der Waals surface area contributed by atoms with Crippen molar-refractivity contribution in [3.8, 4) is 11.4 Å². The maximum Gasteiger partial charge on any atom is 0.243 e. The number of halogens is 3. The molecule has 1 aromatic carbocycles. The topological polar surface area (TPSA) is 64.9 Å². The molecule has 8 heteroatoms. The summed E-state index contributed by atoms with van der Waals surface area (Å²) >= 11 is 4.65. The molecule has 20 heavy (non-hydrogen) atoms. The van der Waals surface area contributed by atoms with Gasteiger partial charge in [-0.2, -0.15) is 16.7 Å². The Hall–Kier alpha value is -0.990. The van der Waals surface area contributed by atoms with Crippen molar-refractivity contribution in [3.05, 3.63) is 34.1 Å². The minimum Gasteiger partial charge on any atom is -0.337 e. The van der Waals surface area contributed by atoms with E-state index in [4.69, 9.17) is 10.3 Å². The molecule has 0 radical (unpaired) electrons. The molecule has 1 heterocycles. The highest BCUT2D eigenvalue weighted by molar-refractivity contribution is 9.10. The zero-order valence-electron chi connectivity index (χ0n) is 10.6. The van der Waals surface area contributed by atoms with Gasteiger partial charge in [-0.1, -0.05) is 5.16 Å². The monoisotopic (exact) mass is 363 g/mol. The third kappa shape index (κ3) is 3.18. The third-order valence-corrected chi connectivity index (χ3v) is 4.09. The summed E-state index contributed by atoms with van der Waals surface area (Å²) in [7, 11) is 0. The molecule has 2 aromatic rings. The quantitative estimate of drug-likeness (QED) is 0.823. The molecule has 0 aliphatic rings. The van der Waals surface area contributed by atoms with E-state index in [1.807, 2.05) is 6.26 Å². The lowest BCUT2D eigenvalue weighted by Gasteiger charge is -2.04. The Morgan fingerprint density at radius 1 is 1.45 bits per heavy atom. The van der Waals surface area contributed by atoms with Crippen LogP contribution in [0.25, 0.3) is 11.4 Å². The second kappa shape index (κ2) is 6.64. The second-order valence-corrected chi connectivity index (χ2v) is 5.85. The van der Waals surface area contributed by atoms with Gasteiger partial charge in [0.1, 0.15) is 0 Å². The number of thioether (sulfide) groups is 1. The summed E-state index contributed by atoms with van der Waals surface area (Å²) in [6.07, 6.45) is 2.67. The summed E-state index contributed by atoms with van der Waals surface area (Å²) in [5.74, 6) is -0.606. The normalized spacial score (nSPS) is 12.7. The lowest BCUT2D eigenvalue weighted by molar-refractivity contribution is 0.353. The molecule has 0 aliphatic carbocycles. The first-order valence-corrected chi connectivity index (χ1v) is 7.95. The first-order valence-electron chi connectivity index (χ1n) is 5.76. The van der Waals surface area contributed by atoms with Crippen LogP contribution < -0.4 is 5.73 Å². The van der Waals surface area contributed by atoms with E-state index in [0.717, 1.165) is 11.8 Å². The van der Waals surface area contributed by atoms with Gasteiger partial charge in [0.05, 0.1) is 10.5 Å². The van der Waals surface area contributed by atoms with E-state index in [2.05, 4.69) is 26.1 Å². The van der Waals surface area contributed by atoms with Crippen LogP contribution in [-0.2, 0) is 0 Å². The summed E-state index contributed by atoms with van der Waals surface area (Å²) in [6, 6.07) is 2.02. The Morgan fingerprint density at radius 2 is 2.20 bits per heavy atom. The fourth-order valence-corrected chi connectivity index (χ4v) is 2.55. The highest BCUT2D eigenvalue weighted by Crippen LogP contribution is 2.30. The molecule has 2 rings (SSSR count). The van der Waals surface area contributed by atoms with E-state index in [0.29, 0.717) is 12.0 Å². The molecule has 0 aliphatic heterocycles. The van der Waals surface area contributed by atoms with Crippen LogP contribution in [0.3, 0.4) is 0 Å². The number of rotatable bonds is 5. The summed E-state index contributed by atoms with van der Waals surface area (Å²) in [6.45, 7) is 0. The third-order valence-electron chi connectivity index (χ3n) is 2.67. The predicted octanol–water partition coefficient (Wildman–Crippen LogP) is 3.53. The standard InChI is InChI=1S/C12H12BrF2N3OS/c1-20-5-4-8(16)12-17-11(18-19-12)6-2-3-7(14)10(15)9(6)13/h2-3,8H,4-5,16H2,1H3/t8-/m0/s1. The minimum absolute atomic E-state index is 0.0393. The Balaban J connectivity index is 2.27. The van der Waals surface area contributed by atoms with Gasteiger partial charge in [0.15, 0.2) is 11.6 Å². The molecule has 0 amide bonds. The lowest BCUT2D eigenvalue weighted by atomic mass is 10.2. The Kier molecular flexibility index (Phi) is 5.11. The van der Waals surface area contributed by atoms with Gasteiger partial charge in [0.25, 0.3) is 0 Å². The fraction of sp³-hybridized carbons (Fsp3) is 0.333. The van der Waals surface area contributed by atoms with E-state index >= 15 is 0 Å². The maximum atomic E-state index is 13.5. The molecular formula is C12H12BrF2N3OS. The van der Waals surface area contributed by atoms with E-state index < -0.39 is 11.6 Å². The number of hydrogen-bond donors (Lipinski definition) is 1. The maximum absolute atomic E-state index is 13.5. The lowest BCUT2D eigenvalue weighted by Crippen LogP contribution is -2.11. The number of benzene rings is 1. The van der Waals surface area contributed by atoms with Crippen molar-refractivity contribution in [2.75, 3.05) is 12.0 Å². The molecule has 0 bridgehead atoms. The van der Waals surface area contributed by atoms with Crippen LogP contribution in [0.5, 0.6) is 0 Å². The van der Waals surface area contributed by atoms with Crippen LogP contribution in [-0.4, -0.2) is 22.1 Å². The van der Waals surface area contributed by atoms with E-state index in [1.54, 1.807) is 11.8 Å². The van der Waals surface area contributed by atoms with Crippen molar-refractivity contribution in [3.63, 3.8) is 0 Å². The van der Waals surface area contributed by atoms with Crippen LogP contribution in [0.4, 0.5) is 8.78 Å². The highest BCUT2D eigenvalue weighted by atomic mass is 79.9. The predicted molar refractivity (Wildman–Crippen MR) is 77.3 cm³/mol. The number of hydrogen-bond acceptors (Lipinski definition) is 5. The van der Waals surface area contributed by atoms with Gasteiger partial charge in [-0.3, -0.25) is 0 Å². The van der Waals surface area contributed by atoms with Crippen LogP contribution >= 0.6 is 27.7 Å². The molecule has 0 unspecified atom stereocenters. The average molecular weight is 364 g/mol. The summed E-state index contributed by atoms with van der Waals surface area (Å²) in [5, 5.41) is 3.76. The molecule has 4 nitrogen and oxygen atoms in total. The van der Waals surface area contributed by atoms with E-state index in [9.17, 15) is 8.78 Å². The second-order valence-electron chi connectivity index (χ2n) is 4.07. The van der Waals surface area contributed by atoms with Crippen molar-refractivity contribution in [2.45, 2.75) is 12.5 Å². The smallest absolute Gasteiger partial charge is 0.243 e. The molecule has 1 aromatic heterocycles. The number of aromatic nitrogens is 2. The molecule has 2 N–H and O–H groups in total. The molecule has 0 saturated carbocycles. The zero-order valence-corrected chi connectivity index (χ0v) is 13.0. The molecule has 1 atom stereocenters. The van der Waals surface area contributed by atoms with Crippen molar-refractivity contribution >= 4 is 27.7 Å². The largest absolute Gasteiger partial charge is 0.337 e. The van der Waals surface area contributed by atoms with Crippen LogP contribution in [0.2, 0.25) is 0 Å². The minimum atomic E-state index is -0.986. The molecular weight excluding hydrogens is 352 g/mol. The molecule has 0 saturated heterocycles. The zero-order chi connectivity index (χ0) is 14.7. The van der Waals surface area contributed by atoms with Gasteiger partial charge in [0, 0.05) is 5.56 Å². The van der Waals surface area contributed by atoms with Crippen molar-refractivity contribution in [1.82, 2.24) is 10.1 Å². The first kappa shape index (κ1) is 15.4. The van der Waals surface area contributed by atoms with Crippen LogP contribution in [0, 0.1) is 11.6 Å². The Bertz CT molecular complexity index is 608. The number of nitrogens with zero attached hydrogens (tertiary/aromatic N) is 2. The van der Waals surface area contributed by atoms with Crippen molar-refractivity contribution < 1.29 is 13.3 Å².